The smallest absolute Gasteiger partial charge is 0.196 e. The molecule has 0 saturated carbocycles. The van der Waals surface area contributed by atoms with E-state index in [1.54, 1.807) is 10.7 Å². The number of halogens is 1. The van der Waals surface area contributed by atoms with E-state index < -0.39 is 0 Å². The zero-order chi connectivity index (χ0) is 12.5. The number of nitrogens with zero attached hydrogens (tertiary/aromatic N) is 2. The molecule has 3 rings (SSSR count). The maximum atomic E-state index is 12.8. The monoisotopic (exact) mass is 240 g/mol. The number of fused-ring (bicyclic) bond motifs is 1. The van der Waals surface area contributed by atoms with Crippen molar-refractivity contribution in [3.8, 4) is 0 Å². The number of pyridine rings is 1. The van der Waals surface area contributed by atoms with Crippen molar-refractivity contribution < 1.29 is 9.18 Å². The fourth-order valence-corrected chi connectivity index (χ4v) is 1.87. The first-order chi connectivity index (χ1) is 8.75. The summed E-state index contributed by atoms with van der Waals surface area (Å²) in [6.45, 7) is 0. The molecule has 3 nitrogen and oxygen atoms in total. The molecule has 4 heteroatoms. The molecule has 3 aromatic rings. The van der Waals surface area contributed by atoms with Crippen LogP contribution in [0.4, 0.5) is 4.39 Å². The van der Waals surface area contributed by atoms with Crippen molar-refractivity contribution in [3.63, 3.8) is 0 Å². The van der Waals surface area contributed by atoms with Crippen LogP contribution in [-0.2, 0) is 0 Å². The van der Waals surface area contributed by atoms with Crippen LogP contribution in [0.15, 0.2) is 54.9 Å². The Morgan fingerprint density at radius 3 is 2.67 bits per heavy atom. The third kappa shape index (κ3) is 1.68. The molecule has 18 heavy (non-hydrogen) atoms. The highest BCUT2D eigenvalue weighted by Gasteiger charge is 2.14. The minimum Gasteiger partial charge on any atom is -0.288 e. The molecule has 0 saturated heterocycles. The van der Waals surface area contributed by atoms with Gasteiger partial charge in [0.15, 0.2) is 5.78 Å². The average molecular weight is 240 g/mol. The Labute approximate surface area is 102 Å². The van der Waals surface area contributed by atoms with E-state index in [1.807, 2.05) is 18.2 Å². The van der Waals surface area contributed by atoms with Crippen LogP contribution in [-0.4, -0.2) is 15.4 Å². The zero-order valence-corrected chi connectivity index (χ0v) is 9.38. The van der Waals surface area contributed by atoms with Crippen molar-refractivity contribution in [1.82, 2.24) is 9.61 Å². The number of aromatic nitrogens is 2. The molecule has 88 valence electrons. The zero-order valence-electron chi connectivity index (χ0n) is 9.38. The lowest BCUT2D eigenvalue weighted by molar-refractivity contribution is 0.104. The minimum atomic E-state index is -0.355. The molecule has 0 radical (unpaired) electrons. The maximum Gasteiger partial charge on any atom is 0.196 e. The summed E-state index contributed by atoms with van der Waals surface area (Å²) in [7, 11) is 0. The van der Waals surface area contributed by atoms with Crippen LogP contribution in [0.2, 0.25) is 0 Å². The normalized spacial score (nSPS) is 10.7. The summed E-state index contributed by atoms with van der Waals surface area (Å²) < 4.78 is 14.5. The largest absolute Gasteiger partial charge is 0.288 e. The van der Waals surface area contributed by atoms with Crippen molar-refractivity contribution in [3.05, 3.63) is 71.8 Å². The summed E-state index contributed by atoms with van der Waals surface area (Å²) >= 11 is 0. The van der Waals surface area contributed by atoms with E-state index in [0.29, 0.717) is 11.1 Å². The summed E-state index contributed by atoms with van der Waals surface area (Å²) in [5.41, 5.74) is 1.71. The van der Waals surface area contributed by atoms with Gasteiger partial charge < -0.3 is 0 Å². The lowest BCUT2D eigenvalue weighted by Gasteiger charge is -1.99. The molecular weight excluding hydrogens is 231 g/mol. The Morgan fingerprint density at radius 2 is 1.89 bits per heavy atom. The van der Waals surface area contributed by atoms with E-state index in [1.165, 1.54) is 30.5 Å². The van der Waals surface area contributed by atoms with Crippen LogP contribution in [0.3, 0.4) is 0 Å². The average Bonchev–Trinajstić information content (AvgIpc) is 2.82. The fraction of sp³-hybridized carbons (Fsp3) is 0. The predicted molar refractivity (Wildman–Crippen MR) is 65.0 cm³/mol. The predicted octanol–water partition coefficient (Wildman–Crippen LogP) is 2.70. The van der Waals surface area contributed by atoms with Crippen LogP contribution in [0.1, 0.15) is 15.9 Å². The summed E-state index contributed by atoms with van der Waals surface area (Å²) in [6.07, 6.45) is 3.30. The van der Waals surface area contributed by atoms with Crippen molar-refractivity contribution in [2.45, 2.75) is 0 Å². The number of carbonyl (C=O) groups is 1. The molecule has 0 N–H and O–H groups in total. The summed E-state index contributed by atoms with van der Waals surface area (Å²) in [5, 5.41) is 4.10. The number of hydrogen-bond donors (Lipinski definition) is 0. The van der Waals surface area contributed by atoms with Gasteiger partial charge in [0, 0.05) is 11.8 Å². The second kappa shape index (κ2) is 4.07. The summed E-state index contributed by atoms with van der Waals surface area (Å²) in [5.74, 6) is -0.511. The highest BCUT2D eigenvalue weighted by molar-refractivity contribution is 6.12. The van der Waals surface area contributed by atoms with Gasteiger partial charge in [0.25, 0.3) is 0 Å². The molecule has 0 aliphatic rings. The van der Waals surface area contributed by atoms with Crippen LogP contribution in [0.25, 0.3) is 5.52 Å². The van der Waals surface area contributed by atoms with E-state index in [0.717, 1.165) is 5.52 Å². The number of rotatable bonds is 2. The lowest BCUT2D eigenvalue weighted by Crippen LogP contribution is -2.00. The van der Waals surface area contributed by atoms with Gasteiger partial charge in [-0.1, -0.05) is 6.07 Å². The molecule has 0 spiro atoms. The van der Waals surface area contributed by atoms with Crippen LogP contribution in [0.5, 0.6) is 0 Å². The van der Waals surface area contributed by atoms with E-state index in [2.05, 4.69) is 5.10 Å². The Bertz CT molecular complexity index is 716. The molecule has 0 aliphatic carbocycles. The standard InChI is InChI=1S/C14H9FN2O/c15-11-6-4-10(5-7-11)14(18)12-9-16-17-8-2-1-3-13(12)17/h1-9H. The molecule has 2 aromatic heterocycles. The number of ketones is 1. The SMILES string of the molecule is O=C(c1ccc(F)cc1)c1cnn2ccccc12. The maximum absolute atomic E-state index is 12.8. The van der Waals surface area contributed by atoms with E-state index in [4.69, 9.17) is 0 Å². The first-order valence-electron chi connectivity index (χ1n) is 5.48. The van der Waals surface area contributed by atoms with Crippen molar-refractivity contribution in [1.29, 1.82) is 0 Å². The Balaban J connectivity index is 2.09. The van der Waals surface area contributed by atoms with Gasteiger partial charge in [0.2, 0.25) is 0 Å². The van der Waals surface area contributed by atoms with Crippen LogP contribution < -0.4 is 0 Å². The number of carbonyl (C=O) groups excluding carboxylic acids is 1. The summed E-state index contributed by atoms with van der Waals surface area (Å²) in [4.78, 5) is 12.3. The molecule has 0 aliphatic heterocycles. The van der Waals surface area contributed by atoms with Gasteiger partial charge in [0.1, 0.15) is 5.82 Å². The second-order valence-electron chi connectivity index (χ2n) is 3.92. The van der Waals surface area contributed by atoms with Gasteiger partial charge in [-0.15, -0.1) is 0 Å². The molecule has 0 bridgehead atoms. The van der Waals surface area contributed by atoms with Gasteiger partial charge in [-0.05, 0) is 36.4 Å². The molecule has 2 heterocycles. The Hall–Kier alpha value is -2.49. The van der Waals surface area contributed by atoms with Gasteiger partial charge in [0.05, 0.1) is 17.3 Å². The van der Waals surface area contributed by atoms with E-state index >= 15 is 0 Å². The van der Waals surface area contributed by atoms with E-state index in [-0.39, 0.29) is 11.6 Å². The second-order valence-corrected chi connectivity index (χ2v) is 3.92. The molecular formula is C14H9FN2O. The lowest BCUT2D eigenvalue weighted by atomic mass is 10.0. The highest BCUT2D eigenvalue weighted by atomic mass is 19.1. The van der Waals surface area contributed by atoms with Crippen LogP contribution in [0, 0.1) is 5.82 Å². The first-order valence-corrected chi connectivity index (χ1v) is 5.48. The molecule has 0 atom stereocenters. The first kappa shape index (κ1) is 10.7. The van der Waals surface area contributed by atoms with Crippen LogP contribution >= 0.6 is 0 Å². The third-order valence-corrected chi connectivity index (χ3v) is 2.78. The molecule has 0 fully saturated rings. The van der Waals surface area contributed by atoms with Crippen molar-refractivity contribution in [2.24, 2.45) is 0 Å². The topological polar surface area (TPSA) is 34.4 Å². The fourth-order valence-electron chi connectivity index (χ4n) is 1.87. The molecule has 0 amide bonds. The van der Waals surface area contributed by atoms with Crippen molar-refractivity contribution >= 4 is 11.3 Å². The van der Waals surface area contributed by atoms with Gasteiger partial charge in [-0.3, -0.25) is 4.79 Å². The van der Waals surface area contributed by atoms with Gasteiger partial charge >= 0.3 is 0 Å². The highest BCUT2D eigenvalue weighted by Crippen LogP contribution is 2.15. The molecule has 1 aromatic carbocycles. The third-order valence-electron chi connectivity index (χ3n) is 2.78. The number of benzene rings is 1. The quantitative estimate of drug-likeness (QED) is 0.645. The minimum absolute atomic E-state index is 0.156. The number of hydrogen-bond acceptors (Lipinski definition) is 2. The Kier molecular flexibility index (Phi) is 2.41. The van der Waals surface area contributed by atoms with Crippen molar-refractivity contribution in [2.75, 3.05) is 0 Å². The Morgan fingerprint density at radius 1 is 1.11 bits per heavy atom. The van der Waals surface area contributed by atoms with E-state index in [9.17, 15) is 9.18 Å². The van der Waals surface area contributed by atoms with Gasteiger partial charge in [-0.2, -0.15) is 5.10 Å². The molecule has 0 unspecified atom stereocenters. The van der Waals surface area contributed by atoms with Gasteiger partial charge in [-0.25, -0.2) is 8.91 Å². The summed E-state index contributed by atoms with van der Waals surface area (Å²) in [6, 6.07) is 11.0.